The number of hydrogen-bond donors (Lipinski definition) is 1. The molecule has 0 atom stereocenters. The van der Waals surface area contributed by atoms with Crippen molar-refractivity contribution in [1.82, 2.24) is 5.32 Å². The van der Waals surface area contributed by atoms with E-state index in [0.29, 0.717) is 0 Å². The Bertz CT molecular complexity index is 357. The average Bonchev–Trinajstić information content (AvgIpc) is 2.25. The van der Waals surface area contributed by atoms with Gasteiger partial charge in [0.1, 0.15) is 5.75 Å². The van der Waals surface area contributed by atoms with E-state index in [-0.39, 0.29) is 0 Å². The van der Waals surface area contributed by atoms with Gasteiger partial charge in [0.25, 0.3) is 0 Å². The van der Waals surface area contributed by atoms with Crippen molar-refractivity contribution in [2.75, 3.05) is 13.7 Å². The molecule has 0 bridgehead atoms. The van der Waals surface area contributed by atoms with E-state index in [4.69, 9.17) is 11.2 Å². The third kappa shape index (κ3) is 3.94. The summed E-state index contributed by atoms with van der Waals surface area (Å²) in [5, 5.41) is 3.26. The van der Waals surface area contributed by atoms with Crippen LogP contribution in [0.3, 0.4) is 0 Å². The lowest BCUT2D eigenvalue weighted by Crippen LogP contribution is -2.14. The van der Waals surface area contributed by atoms with E-state index in [1.807, 2.05) is 18.2 Å². The standard InChI is InChI=1S/C12H14BrNO/c1-3-4-7-14-9-10-5-6-12(15-2)11(13)8-10/h1,5-6,8,14H,4,7,9H2,2H3. The van der Waals surface area contributed by atoms with E-state index in [1.165, 1.54) is 5.56 Å². The number of nitrogens with one attached hydrogen (secondary N) is 1. The molecule has 0 saturated heterocycles. The van der Waals surface area contributed by atoms with Crippen LogP contribution in [-0.4, -0.2) is 13.7 Å². The summed E-state index contributed by atoms with van der Waals surface area (Å²) in [5.41, 5.74) is 1.21. The molecule has 0 amide bonds. The van der Waals surface area contributed by atoms with Crippen LogP contribution >= 0.6 is 15.9 Å². The maximum Gasteiger partial charge on any atom is 0.133 e. The molecule has 2 nitrogen and oxygen atoms in total. The van der Waals surface area contributed by atoms with E-state index in [2.05, 4.69) is 27.2 Å². The Hall–Kier alpha value is -0.980. The average molecular weight is 268 g/mol. The second-order valence-corrected chi connectivity index (χ2v) is 3.95. The van der Waals surface area contributed by atoms with Gasteiger partial charge >= 0.3 is 0 Å². The first kappa shape index (κ1) is 12.1. The van der Waals surface area contributed by atoms with Crippen molar-refractivity contribution in [3.63, 3.8) is 0 Å². The molecule has 0 spiro atoms. The fourth-order valence-corrected chi connectivity index (χ4v) is 1.80. The Morgan fingerprint density at radius 1 is 1.53 bits per heavy atom. The third-order valence-electron chi connectivity index (χ3n) is 1.99. The van der Waals surface area contributed by atoms with Gasteiger partial charge in [-0.2, -0.15) is 0 Å². The SMILES string of the molecule is C#CCCNCc1ccc(OC)c(Br)c1. The molecule has 0 aliphatic rings. The number of benzene rings is 1. The molecule has 3 heteroatoms. The Morgan fingerprint density at radius 2 is 2.33 bits per heavy atom. The minimum atomic E-state index is 0.761. The van der Waals surface area contributed by atoms with Gasteiger partial charge in [0.15, 0.2) is 0 Å². The molecule has 0 saturated carbocycles. The van der Waals surface area contributed by atoms with Gasteiger partial charge in [0.2, 0.25) is 0 Å². The van der Waals surface area contributed by atoms with Crippen LogP contribution in [0.4, 0.5) is 0 Å². The molecule has 0 unspecified atom stereocenters. The van der Waals surface area contributed by atoms with Crippen molar-refractivity contribution in [2.45, 2.75) is 13.0 Å². The predicted octanol–water partition coefficient (Wildman–Crippen LogP) is 2.57. The van der Waals surface area contributed by atoms with E-state index in [9.17, 15) is 0 Å². The summed E-state index contributed by atoms with van der Waals surface area (Å²) in [6.45, 7) is 1.67. The summed E-state index contributed by atoms with van der Waals surface area (Å²) in [7, 11) is 1.66. The normalized spacial score (nSPS) is 9.67. The zero-order valence-corrected chi connectivity index (χ0v) is 10.3. The molecule has 15 heavy (non-hydrogen) atoms. The summed E-state index contributed by atoms with van der Waals surface area (Å²) >= 11 is 3.44. The zero-order valence-electron chi connectivity index (χ0n) is 8.72. The smallest absolute Gasteiger partial charge is 0.133 e. The van der Waals surface area contributed by atoms with Gasteiger partial charge in [-0.15, -0.1) is 12.3 Å². The van der Waals surface area contributed by atoms with Crippen LogP contribution < -0.4 is 10.1 Å². The van der Waals surface area contributed by atoms with Crippen LogP contribution in [0.5, 0.6) is 5.75 Å². The Kier molecular flexibility index (Phi) is 5.23. The minimum Gasteiger partial charge on any atom is -0.496 e. The van der Waals surface area contributed by atoms with Gasteiger partial charge in [-0.25, -0.2) is 0 Å². The molecule has 0 aliphatic heterocycles. The second kappa shape index (κ2) is 6.49. The molecule has 1 aromatic rings. The summed E-state index contributed by atoms with van der Waals surface area (Å²) in [4.78, 5) is 0. The molecule has 1 N–H and O–H groups in total. The Balaban J connectivity index is 2.49. The maximum atomic E-state index is 5.16. The van der Waals surface area contributed by atoms with Crippen molar-refractivity contribution < 1.29 is 4.74 Å². The highest BCUT2D eigenvalue weighted by Crippen LogP contribution is 2.25. The first-order valence-corrected chi connectivity index (χ1v) is 5.54. The summed E-state index contributed by atoms with van der Waals surface area (Å²) < 4.78 is 6.12. The van der Waals surface area contributed by atoms with Crippen molar-refractivity contribution in [3.05, 3.63) is 28.2 Å². The lowest BCUT2D eigenvalue weighted by molar-refractivity contribution is 0.412. The lowest BCUT2D eigenvalue weighted by Gasteiger charge is -2.06. The predicted molar refractivity (Wildman–Crippen MR) is 65.9 cm³/mol. The number of halogens is 1. The highest BCUT2D eigenvalue weighted by Gasteiger charge is 2.00. The number of ether oxygens (including phenoxy) is 1. The topological polar surface area (TPSA) is 21.3 Å². The molecule has 1 aromatic carbocycles. The number of terminal acetylenes is 1. The molecule has 0 aliphatic carbocycles. The monoisotopic (exact) mass is 267 g/mol. The van der Waals surface area contributed by atoms with Gasteiger partial charge in [-0.1, -0.05) is 6.07 Å². The molecule has 0 radical (unpaired) electrons. The maximum absolute atomic E-state index is 5.16. The van der Waals surface area contributed by atoms with Gasteiger partial charge in [-0.3, -0.25) is 0 Å². The number of rotatable bonds is 5. The highest BCUT2D eigenvalue weighted by atomic mass is 79.9. The van der Waals surface area contributed by atoms with Gasteiger partial charge in [0.05, 0.1) is 11.6 Å². The lowest BCUT2D eigenvalue weighted by atomic mass is 10.2. The van der Waals surface area contributed by atoms with Crippen LogP contribution in [0.25, 0.3) is 0 Å². The largest absolute Gasteiger partial charge is 0.496 e. The van der Waals surface area contributed by atoms with E-state index in [1.54, 1.807) is 7.11 Å². The molecule has 0 heterocycles. The van der Waals surface area contributed by atoms with Crippen LogP contribution in [-0.2, 0) is 6.54 Å². The fourth-order valence-electron chi connectivity index (χ4n) is 1.21. The van der Waals surface area contributed by atoms with Gasteiger partial charge in [0, 0.05) is 19.5 Å². The molecule has 80 valence electrons. The zero-order chi connectivity index (χ0) is 11.1. The molecule has 1 rings (SSSR count). The quantitative estimate of drug-likeness (QED) is 0.654. The van der Waals surface area contributed by atoms with E-state index >= 15 is 0 Å². The highest BCUT2D eigenvalue weighted by molar-refractivity contribution is 9.10. The Morgan fingerprint density at radius 3 is 2.93 bits per heavy atom. The van der Waals surface area contributed by atoms with Gasteiger partial charge < -0.3 is 10.1 Å². The summed E-state index contributed by atoms with van der Waals surface area (Å²) in [5.74, 6) is 3.44. The molecule has 0 fully saturated rings. The summed E-state index contributed by atoms with van der Waals surface area (Å²) in [6, 6.07) is 6.02. The minimum absolute atomic E-state index is 0.761. The number of hydrogen-bond acceptors (Lipinski definition) is 2. The summed E-state index contributed by atoms with van der Waals surface area (Å²) in [6.07, 6.45) is 5.92. The third-order valence-corrected chi connectivity index (χ3v) is 2.61. The van der Waals surface area contributed by atoms with Crippen LogP contribution in [0, 0.1) is 12.3 Å². The fraction of sp³-hybridized carbons (Fsp3) is 0.333. The second-order valence-electron chi connectivity index (χ2n) is 3.10. The van der Waals surface area contributed by atoms with Crippen molar-refractivity contribution in [2.24, 2.45) is 0 Å². The first-order valence-electron chi connectivity index (χ1n) is 4.74. The molecule has 0 aromatic heterocycles. The van der Waals surface area contributed by atoms with Crippen LogP contribution in [0.15, 0.2) is 22.7 Å². The van der Waals surface area contributed by atoms with Crippen LogP contribution in [0.1, 0.15) is 12.0 Å². The number of methoxy groups -OCH3 is 1. The first-order chi connectivity index (χ1) is 7.27. The van der Waals surface area contributed by atoms with E-state index < -0.39 is 0 Å². The molecular formula is C12H14BrNO. The van der Waals surface area contributed by atoms with Crippen molar-refractivity contribution in [1.29, 1.82) is 0 Å². The Labute approximate surface area is 99.2 Å². The molecular weight excluding hydrogens is 254 g/mol. The van der Waals surface area contributed by atoms with Crippen LogP contribution in [0.2, 0.25) is 0 Å². The van der Waals surface area contributed by atoms with Gasteiger partial charge in [-0.05, 0) is 33.6 Å². The van der Waals surface area contributed by atoms with Crippen molar-refractivity contribution >= 4 is 15.9 Å². The van der Waals surface area contributed by atoms with Crippen molar-refractivity contribution in [3.8, 4) is 18.1 Å². The van der Waals surface area contributed by atoms with E-state index in [0.717, 1.165) is 29.7 Å².